The van der Waals surface area contributed by atoms with Crippen molar-refractivity contribution < 1.29 is 22.7 Å². The Morgan fingerprint density at radius 1 is 1.38 bits per heavy atom. The molecule has 0 aromatic heterocycles. The molecule has 0 heterocycles. The zero-order valence-corrected chi connectivity index (χ0v) is 13.3. The third-order valence-electron chi connectivity index (χ3n) is 2.66. The molecule has 1 aromatic rings. The molecule has 21 heavy (non-hydrogen) atoms. The van der Waals surface area contributed by atoms with Crippen LogP contribution in [0.15, 0.2) is 17.0 Å². The van der Waals surface area contributed by atoms with E-state index in [-0.39, 0.29) is 22.0 Å². The van der Waals surface area contributed by atoms with E-state index in [2.05, 4.69) is 4.72 Å². The summed E-state index contributed by atoms with van der Waals surface area (Å²) in [5.41, 5.74) is 0.0309. The molecule has 0 unspecified atom stereocenters. The van der Waals surface area contributed by atoms with Crippen molar-refractivity contribution in [1.29, 1.82) is 0 Å². The van der Waals surface area contributed by atoms with Crippen molar-refractivity contribution in [2.75, 3.05) is 19.8 Å². The van der Waals surface area contributed by atoms with Crippen molar-refractivity contribution in [1.82, 2.24) is 4.72 Å². The average molecular weight is 340 g/mol. The Kier molecular flexibility index (Phi) is 7.55. The molecule has 0 saturated heterocycles. The molecular weight excluding hydrogens is 321 g/mol. The Labute approximate surface area is 129 Å². The minimum absolute atomic E-state index is 0.0309. The Hall–Kier alpha value is -0.730. The Balaban J connectivity index is 2.68. The lowest BCUT2D eigenvalue weighted by atomic mass is 10.2. The van der Waals surface area contributed by atoms with Gasteiger partial charge in [0, 0.05) is 25.3 Å². The summed E-state index contributed by atoms with van der Waals surface area (Å²) in [4.78, 5) is -0.261. The van der Waals surface area contributed by atoms with E-state index in [0.717, 1.165) is 18.6 Å². The third kappa shape index (κ3) is 5.52. The fraction of sp³-hybridized carbons (Fsp3) is 0.538. The molecule has 0 amide bonds. The van der Waals surface area contributed by atoms with Crippen molar-refractivity contribution in [3.05, 3.63) is 28.5 Å². The quantitative estimate of drug-likeness (QED) is 0.675. The Bertz CT molecular complexity index is 566. The molecule has 0 aliphatic heterocycles. The van der Waals surface area contributed by atoms with Gasteiger partial charge in [-0.15, -0.1) is 0 Å². The first-order chi connectivity index (χ1) is 9.92. The molecule has 8 heteroatoms. The van der Waals surface area contributed by atoms with Crippen LogP contribution in [-0.2, 0) is 21.4 Å². The van der Waals surface area contributed by atoms with E-state index in [1.807, 2.05) is 6.92 Å². The van der Waals surface area contributed by atoms with E-state index in [1.165, 1.54) is 0 Å². The van der Waals surface area contributed by atoms with Crippen LogP contribution in [0, 0.1) is 5.82 Å². The van der Waals surface area contributed by atoms with Gasteiger partial charge in [0.1, 0.15) is 5.82 Å². The maximum Gasteiger partial charge on any atom is 0.240 e. The van der Waals surface area contributed by atoms with Crippen LogP contribution < -0.4 is 4.72 Å². The van der Waals surface area contributed by atoms with Gasteiger partial charge in [-0.2, -0.15) is 0 Å². The van der Waals surface area contributed by atoms with Gasteiger partial charge < -0.3 is 9.84 Å². The van der Waals surface area contributed by atoms with Crippen LogP contribution in [-0.4, -0.2) is 33.3 Å². The van der Waals surface area contributed by atoms with E-state index < -0.39 is 22.4 Å². The topological polar surface area (TPSA) is 75.6 Å². The predicted octanol–water partition coefficient (Wildman–Crippen LogP) is 2.07. The monoisotopic (exact) mass is 339 g/mol. The number of rotatable bonds is 9. The number of ether oxygens (including phenoxy) is 1. The van der Waals surface area contributed by atoms with Gasteiger partial charge in [0.15, 0.2) is 0 Å². The first kappa shape index (κ1) is 18.3. The van der Waals surface area contributed by atoms with Crippen LogP contribution in [0.4, 0.5) is 4.39 Å². The van der Waals surface area contributed by atoms with E-state index in [0.29, 0.717) is 19.6 Å². The maximum atomic E-state index is 13.5. The van der Waals surface area contributed by atoms with Gasteiger partial charge in [0.2, 0.25) is 10.0 Å². The van der Waals surface area contributed by atoms with Crippen molar-refractivity contribution in [2.45, 2.75) is 31.3 Å². The second-order valence-corrected chi connectivity index (χ2v) is 6.54. The normalized spacial score (nSPS) is 11.8. The molecule has 0 aliphatic rings. The molecule has 0 fully saturated rings. The van der Waals surface area contributed by atoms with Crippen LogP contribution >= 0.6 is 11.6 Å². The fourth-order valence-corrected chi connectivity index (χ4v) is 2.90. The van der Waals surface area contributed by atoms with E-state index >= 15 is 0 Å². The summed E-state index contributed by atoms with van der Waals surface area (Å²) in [6.45, 7) is 2.72. The standard InChI is InChI=1S/C13H19ClFNO4S/c1-2-5-20-6-3-4-16-21(18,19)11-7-10(9-17)13(14)12(15)8-11/h7-8,16-17H,2-6,9H2,1H3. The molecule has 120 valence electrons. The number of aliphatic hydroxyl groups is 1. The van der Waals surface area contributed by atoms with Gasteiger partial charge in [-0.3, -0.25) is 0 Å². The SMILES string of the molecule is CCCOCCCNS(=O)(=O)c1cc(F)c(Cl)c(CO)c1. The second-order valence-electron chi connectivity index (χ2n) is 4.40. The van der Waals surface area contributed by atoms with Gasteiger partial charge in [-0.1, -0.05) is 18.5 Å². The van der Waals surface area contributed by atoms with Crippen LogP contribution in [0.25, 0.3) is 0 Å². The minimum Gasteiger partial charge on any atom is -0.392 e. The zero-order valence-electron chi connectivity index (χ0n) is 11.7. The van der Waals surface area contributed by atoms with Gasteiger partial charge in [-0.25, -0.2) is 17.5 Å². The van der Waals surface area contributed by atoms with Gasteiger partial charge in [0.05, 0.1) is 16.5 Å². The Morgan fingerprint density at radius 3 is 2.71 bits per heavy atom. The number of hydrogen-bond donors (Lipinski definition) is 2. The fourth-order valence-electron chi connectivity index (χ4n) is 1.60. The summed E-state index contributed by atoms with van der Waals surface area (Å²) in [5, 5.41) is 8.77. The number of halogens is 2. The molecule has 0 spiro atoms. The van der Waals surface area contributed by atoms with Gasteiger partial charge in [0.25, 0.3) is 0 Å². The second kappa shape index (κ2) is 8.65. The van der Waals surface area contributed by atoms with Crippen LogP contribution in [0.2, 0.25) is 5.02 Å². The lowest BCUT2D eigenvalue weighted by Gasteiger charge is -2.10. The highest BCUT2D eigenvalue weighted by molar-refractivity contribution is 7.89. The third-order valence-corrected chi connectivity index (χ3v) is 4.53. The molecular formula is C13H19ClFNO4S. The van der Waals surface area contributed by atoms with E-state index in [1.54, 1.807) is 0 Å². The van der Waals surface area contributed by atoms with E-state index in [4.69, 9.17) is 21.4 Å². The molecule has 0 atom stereocenters. The van der Waals surface area contributed by atoms with Crippen LogP contribution in [0.5, 0.6) is 0 Å². The molecule has 0 aliphatic carbocycles. The molecule has 2 N–H and O–H groups in total. The molecule has 5 nitrogen and oxygen atoms in total. The summed E-state index contributed by atoms with van der Waals surface area (Å²) < 4.78 is 45.1. The first-order valence-corrected chi connectivity index (χ1v) is 8.44. The van der Waals surface area contributed by atoms with Crippen LogP contribution in [0.3, 0.4) is 0 Å². The minimum atomic E-state index is -3.84. The van der Waals surface area contributed by atoms with Gasteiger partial charge >= 0.3 is 0 Å². The summed E-state index contributed by atoms with van der Waals surface area (Å²) in [5.74, 6) is -0.880. The highest BCUT2D eigenvalue weighted by Crippen LogP contribution is 2.24. The predicted molar refractivity (Wildman–Crippen MR) is 78.2 cm³/mol. The molecule has 0 saturated carbocycles. The number of nitrogens with one attached hydrogen (secondary N) is 1. The number of aliphatic hydroxyl groups excluding tert-OH is 1. The van der Waals surface area contributed by atoms with Crippen molar-refractivity contribution in [3.63, 3.8) is 0 Å². The zero-order chi connectivity index (χ0) is 15.9. The first-order valence-electron chi connectivity index (χ1n) is 6.58. The van der Waals surface area contributed by atoms with Crippen molar-refractivity contribution in [3.8, 4) is 0 Å². The Morgan fingerprint density at radius 2 is 2.10 bits per heavy atom. The number of hydrogen-bond acceptors (Lipinski definition) is 4. The smallest absolute Gasteiger partial charge is 0.240 e. The number of sulfonamides is 1. The summed E-state index contributed by atoms with van der Waals surface area (Å²) >= 11 is 5.62. The summed E-state index contributed by atoms with van der Waals surface area (Å²) in [6.07, 6.45) is 1.42. The molecule has 1 aromatic carbocycles. The lowest BCUT2D eigenvalue weighted by Crippen LogP contribution is -2.26. The highest BCUT2D eigenvalue weighted by atomic mass is 35.5. The summed E-state index contributed by atoms with van der Waals surface area (Å²) in [7, 11) is -3.84. The maximum absolute atomic E-state index is 13.5. The van der Waals surface area contributed by atoms with Crippen molar-refractivity contribution >= 4 is 21.6 Å². The van der Waals surface area contributed by atoms with Gasteiger partial charge in [-0.05, 0) is 25.0 Å². The number of benzene rings is 1. The molecule has 1 rings (SSSR count). The van der Waals surface area contributed by atoms with E-state index in [9.17, 15) is 12.8 Å². The largest absolute Gasteiger partial charge is 0.392 e. The lowest BCUT2D eigenvalue weighted by molar-refractivity contribution is 0.133. The summed E-state index contributed by atoms with van der Waals surface area (Å²) in [6, 6.07) is 1.98. The highest BCUT2D eigenvalue weighted by Gasteiger charge is 2.18. The van der Waals surface area contributed by atoms with Crippen LogP contribution in [0.1, 0.15) is 25.3 Å². The van der Waals surface area contributed by atoms with Crippen molar-refractivity contribution in [2.24, 2.45) is 0 Å². The molecule has 0 bridgehead atoms. The average Bonchev–Trinajstić information content (AvgIpc) is 2.45. The molecule has 0 radical (unpaired) electrons.